The molecule has 10 heteroatoms. The molecule has 1 saturated heterocycles. The van der Waals surface area contributed by atoms with Crippen molar-refractivity contribution in [2.24, 2.45) is 0 Å². The molecule has 1 amide bonds. The summed E-state index contributed by atoms with van der Waals surface area (Å²) in [6.45, 7) is 4.95. The first kappa shape index (κ1) is 28.1. The van der Waals surface area contributed by atoms with Crippen molar-refractivity contribution < 1.29 is 18.0 Å². The Kier molecular flexibility index (Phi) is 7.92. The summed E-state index contributed by atoms with van der Waals surface area (Å²) >= 11 is 0. The maximum Gasteiger partial charge on any atom is 0.416 e. The van der Waals surface area contributed by atoms with Crippen LogP contribution in [0.1, 0.15) is 38.3 Å². The molecule has 0 spiro atoms. The van der Waals surface area contributed by atoms with Gasteiger partial charge in [0.2, 0.25) is 0 Å². The first-order chi connectivity index (χ1) is 19.6. The molecular formula is C31H29F3N6O. The predicted octanol–water partition coefficient (Wildman–Crippen LogP) is 4.94. The number of carbonyl (C=O) groups is 1. The van der Waals surface area contributed by atoms with Crippen molar-refractivity contribution in [2.45, 2.75) is 19.6 Å². The van der Waals surface area contributed by atoms with Gasteiger partial charge in [-0.1, -0.05) is 42.2 Å². The number of halogens is 3. The number of nitrogens with two attached hydrogens (primary N) is 1. The molecule has 1 aliphatic rings. The van der Waals surface area contributed by atoms with Gasteiger partial charge < -0.3 is 16.0 Å². The van der Waals surface area contributed by atoms with Gasteiger partial charge in [-0.25, -0.2) is 4.98 Å². The van der Waals surface area contributed by atoms with Crippen molar-refractivity contribution in [3.8, 4) is 11.8 Å². The van der Waals surface area contributed by atoms with Crippen molar-refractivity contribution in [3.63, 3.8) is 0 Å². The summed E-state index contributed by atoms with van der Waals surface area (Å²) in [5.41, 5.74) is 7.36. The van der Waals surface area contributed by atoms with Gasteiger partial charge in [-0.15, -0.1) is 0 Å². The lowest BCUT2D eigenvalue weighted by atomic mass is 10.0. The number of nitrogens with one attached hydrogen (secondary N) is 1. The summed E-state index contributed by atoms with van der Waals surface area (Å²) in [5.74, 6) is 5.78. The van der Waals surface area contributed by atoms with Gasteiger partial charge >= 0.3 is 6.18 Å². The highest BCUT2D eigenvalue weighted by Crippen LogP contribution is 2.35. The third kappa shape index (κ3) is 6.48. The van der Waals surface area contributed by atoms with Crippen molar-refractivity contribution in [3.05, 3.63) is 94.4 Å². The zero-order valence-corrected chi connectivity index (χ0v) is 22.7. The van der Waals surface area contributed by atoms with Crippen LogP contribution in [-0.4, -0.2) is 58.9 Å². The number of alkyl halides is 3. The fourth-order valence-corrected chi connectivity index (χ4v) is 4.73. The van der Waals surface area contributed by atoms with Gasteiger partial charge in [0.1, 0.15) is 5.82 Å². The van der Waals surface area contributed by atoms with E-state index in [9.17, 15) is 18.0 Å². The van der Waals surface area contributed by atoms with Crippen LogP contribution in [0.5, 0.6) is 0 Å². The molecule has 0 saturated carbocycles. The minimum atomic E-state index is -4.56. The second kappa shape index (κ2) is 11.6. The Hall–Kier alpha value is -4.46. The number of carbonyl (C=O) groups excluding carboxylic acids is 1. The largest absolute Gasteiger partial charge is 0.416 e. The average Bonchev–Trinajstić information content (AvgIpc) is 2.94. The highest BCUT2D eigenvalue weighted by molar-refractivity contribution is 6.04. The van der Waals surface area contributed by atoms with Crippen molar-refractivity contribution in [1.82, 2.24) is 19.8 Å². The third-order valence-corrected chi connectivity index (χ3v) is 7.16. The Morgan fingerprint density at radius 1 is 1.02 bits per heavy atom. The molecule has 3 N–H and O–H groups in total. The minimum absolute atomic E-state index is 0.0484. The molecule has 0 radical (unpaired) electrons. The normalized spacial score (nSPS) is 14.5. The number of aromatic nitrogens is 2. The quantitative estimate of drug-likeness (QED) is 0.345. The Morgan fingerprint density at radius 3 is 2.54 bits per heavy atom. The van der Waals surface area contributed by atoms with Crippen LogP contribution < -0.4 is 11.1 Å². The van der Waals surface area contributed by atoms with E-state index in [1.807, 2.05) is 36.2 Å². The molecule has 3 heterocycles. The maximum absolute atomic E-state index is 14.0. The van der Waals surface area contributed by atoms with E-state index in [-0.39, 0.29) is 29.2 Å². The molecule has 7 nitrogen and oxygen atoms in total. The number of piperazine rings is 1. The standard InChI is InChI=1S/C31H29F3N6O/c1-20-21(8-10-27-26-6-4-3-5-22(26)17-37-29(27)35)15-24(18-36-20)30(41)38-25-9-7-23(28(16-25)31(32,33)34)19-40-13-11-39(2)12-14-40/h3-7,9,15-18H,11-14,19H2,1-2H3,(H2,35,37)(H,38,41). The summed E-state index contributed by atoms with van der Waals surface area (Å²) in [6, 6.07) is 13.1. The zero-order valence-electron chi connectivity index (χ0n) is 22.7. The van der Waals surface area contributed by atoms with Crippen molar-refractivity contribution >= 4 is 28.2 Å². The van der Waals surface area contributed by atoms with E-state index in [4.69, 9.17) is 5.73 Å². The van der Waals surface area contributed by atoms with Crippen LogP contribution in [-0.2, 0) is 12.7 Å². The molecule has 1 aliphatic heterocycles. The smallest absolute Gasteiger partial charge is 0.383 e. The number of hydrogen-bond acceptors (Lipinski definition) is 6. The van der Waals surface area contributed by atoms with E-state index in [2.05, 4.69) is 32.0 Å². The Morgan fingerprint density at radius 2 is 1.78 bits per heavy atom. The Labute approximate surface area is 236 Å². The fraction of sp³-hybridized carbons (Fsp3) is 0.258. The summed E-state index contributed by atoms with van der Waals surface area (Å²) in [7, 11) is 1.99. The van der Waals surface area contributed by atoms with Gasteiger partial charge in [0.25, 0.3) is 5.91 Å². The minimum Gasteiger partial charge on any atom is -0.383 e. The fourth-order valence-electron chi connectivity index (χ4n) is 4.73. The first-order valence-corrected chi connectivity index (χ1v) is 13.1. The van der Waals surface area contributed by atoms with Crippen LogP contribution in [0.4, 0.5) is 24.7 Å². The van der Waals surface area contributed by atoms with E-state index in [1.165, 1.54) is 18.3 Å². The van der Waals surface area contributed by atoms with Crippen LogP contribution in [0.15, 0.2) is 60.9 Å². The number of nitrogen functional groups attached to an aromatic ring is 1. The number of amides is 1. The van der Waals surface area contributed by atoms with Crippen LogP contribution in [0, 0.1) is 18.8 Å². The van der Waals surface area contributed by atoms with Crippen molar-refractivity contribution in [2.75, 3.05) is 44.3 Å². The molecule has 4 aromatic rings. The molecule has 1 fully saturated rings. The zero-order chi connectivity index (χ0) is 29.1. The predicted molar refractivity (Wildman–Crippen MR) is 153 cm³/mol. The van der Waals surface area contributed by atoms with Crippen LogP contribution in [0.25, 0.3) is 10.8 Å². The molecule has 2 aromatic heterocycles. The highest BCUT2D eigenvalue weighted by Gasteiger charge is 2.34. The van der Waals surface area contributed by atoms with E-state index in [0.29, 0.717) is 29.9 Å². The Bertz CT molecular complexity index is 1670. The Balaban J connectivity index is 1.38. The summed E-state index contributed by atoms with van der Waals surface area (Å²) < 4.78 is 41.9. The molecule has 0 unspecified atom stereocenters. The topological polar surface area (TPSA) is 87.4 Å². The third-order valence-electron chi connectivity index (χ3n) is 7.16. The molecular weight excluding hydrogens is 529 g/mol. The van der Waals surface area contributed by atoms with Gasteiger partial charge in [-0.2, -0.15) is 13.2 Å². The summed E-state index contributed by atoms with van der Waals surface area (Å²) in [5, 5.41) is 4.32. The molecule has 2 aromatic carbocycles. The van der Waals surface area contributed by atoms with E-state index in [0.717, 1.165) is 29.9 Å². The second-order valence-electron chi connectivity index (χ2n) is 10.1. The van der Waals surface area contributed by atoms with E-state index >= 15 is 0 Å². The number of likely N-dealkylation sites (N-methyl/N-ethyl adjacent to an activating group) is 1. The number of fused-ring (bicyclic) bond motifs is 1. The molecule has 0 atom stereocenters. The van der Waals surface area contributed by atoms with Crippen molar-refractivity contribution in [1.29, 1.82) is 0 Å². The van der Waals surface area contributed by atoms with Crippen LogP contribution in [0.2, 0.25) is 0 Å². The lowest BCUT2D eigenvalue weighted by molar-refractivity contribution is -0.138. The maximum atomic E-state index is 14.0. The number of nitrogens with zero attached hydrogens (tertiary/aromatic N) is 4. The van der Waals surface area contributed by atoms with Gasteiger partial charge in [0.15, 0.2) is 0 Å². The van der Waals surface area contributed by atoms with Gasteiger partial charge in [-0.05, 0) is 37.7 Å². The average molecular weight is 559 g/mol. The SMILES string of the molecule is Cc1ncc(C(=O)Nc2ccc(CN3CCN(C)CC3)c(C(F)(F)F)c2)cc1C#Cc1c(N)ncc2ccccc12. The lowest BCUT2D eigenvalue weighted by Crippen LogP contribution is -2.44. The number of rotatable bonds is 4. The van der Waals surface area contributed by atoms with E-state index < -0.39 is 17.6 Å². The van der Waals surface area contributed by atoms with Gasteiger partial charge in [0.05, 0.1) is 22.4 Å². The number of hydrogen-bond donors (Lipinski definition) is 2. The molecule has 210 valence electrons. The van der Waals surface area contributed by atoms with E-state index in [1.54, 1.807) is 19.2 Å². The number of benzene rings is 2. The first-order valence-electron chi connectivity index (χ1n) is 13.1. The monoisotopic (exact) mass is 558 g/mol. The molecule has 0 aliphatic carbocycles. The molecule has 5 rings (SSSR count). The van der Waals surface area contributed by atoms with Gasteiger partial charge in [0, 0.05) is 67.1 Å². The number of pyridine rings is 2. The number of anilines is 2. The second-order valence-corrected chi connectivity index (χ2v) is 10.1. The van der Waals surface area contributed by atoms with Crippen LogP contribution in [0.3, 0.4) is 0 Å². The van der Waals surface area contributed by atoms with Crippen LogP contribution >= 0.6 is 0 Å². The van der Waals surface area contributed by atoms with Gasteiger partial charge in [-0.3, -0.25) is 14.7 Å². The molecule has 0 bridgehead atoms. The number of aryl methyl sites for hydroxylation is 1. The summed E-state index contributed by atoms with van der Waals surface area (Å²) in [6.07, 6.45) is -1.51. The lowest BCUT2D eigenvalue weighted by Gasteiger charge is -2.33. The summed E-state index contributed by atoms with van der Waals surface area (Å²) in [4.78, 5) is 25.7. The highest BCUT2D eigenvalue weighted by atomic mass is 19.4. The molecule has 41 heavy (non-hydrogen) atoms.